The van der Waals surface area contributed by atoms with Crippen LogP contribution in [0, 0.1) is 5.92 Å². The summed E-state index contributed by atoms with van der Waals surface area (Å²) in [6, 6.07) is 7.62. The highest BCUT2D eigenvalue weighted by Gasteiger charge is 2.42. The average molecular weight is 343 g/mol. The molecular formula is C18H25N5O2. The second-order valence-corrected chi connectivity index (χ2v) is 6.75. The summed E-state index contributed by atoms with van der Waals surface area (Å²) in [6.07, 6.45) is 4.16. The van der Waals surface area contributed by atoms with Crippen LogP contribution < -0.4 is 10.1 Å². The Kier molecular flexibility index (Phi) is 5.01. The first-order valence-electron chi connectivity index (χ1n) is 8.83. The molecule has 134 valence electrons. The fraction of sp³-hybridized carbons (Fsp3) is 0.556. The largest absolute Gasteiger partial charge is 0.494 e. The van der Waals surface area contributed by atoms with E-state index in [0.717, 1.165) is 31.4 Å². The molecule has 1 aromatic heterocycles. The molecule has 7 heteroatoms. The van der Waals surface area contributed by atoms with E-state index in [4.69, 9.17) is 4.74 Å². The summed E-state index contributed by atoms with van der Waals surface area (Å²) in [5.41, 5.74) is 0.234. The number of rotatable bonds is 5. The number of carbonyl (C=O) groups is 1. The Balaban J connectivity index is 2.06. The molecule has 1 aliphatic rings. The van der Waals surface area contributed by atoms with E-state index in [-0.39, 0.29) is 5.91 Å². The smallest absolute Gasteiger partial charge is 0.220 e. The van der Waals surface area contributed by atoms with Crippen molar-refractivity contribution in [1.82, 2.24) is 25.5 Å². The third-order valence-corrected chi connectivity index (χ3v) is 5.04. The number of ether oxygens (including phenoxy) is 1. The van der Waals surface area contributed by atoms with Gasteiger partial charge in [0.25, 0.3) is 0 Å². The van der Waals surface area contributed by atoms with Crippen LogP contribution in [-0.4, -0.2) is 33.2 Å². The van der Waals surface area contributed by atoms with E-state index in [9.17, 15) is 4.79 Å². The van der Waals surface area contributed by atoms with Crippen molar-refractivity contribution in [2.75, 3.05) is 7.11 Å². The van der Waals surface area contributed by atoms with Crippen LogP contribution in [0.15, 0.2) is 24.3 Å². The number of nitrogens with one attached hydrogen (secondary N) is 1. The second kappa shape index (κ2) is 7.21. The molecule has 3 rings (SSSR count). The summed E-state index contributed by atoms with van der Waals surface area (Å²) in [5.74, 6) is 2.02. The summed E-state index contributed by atoms with van der Waals surface area (Å²) >= 11 is 0. The molecule has 0 atom stereocenters. The number of carbonyl (C=O) groups excluding carboxylic acids is 1. The van der Waals surface area contributed by atoms with Crippen molar-refractivity contribution < 1.29 is 9.53 Å². The summed E-state index contributed by atoms with van der Waals surface area (Å²) in [6.45, 7) is 4.10. The van der Waals surface area contributed by atoms with Crippen LogP contribution in [0.5, 0.6) is 5.75 Å². The Morgan fingerprint density at radius 2 is 2.08 bits per heavy atom. The van der Waals surface area contributed by atoms with Gasteiger partial charge in [0.2, 0.25) is 5.91 Å². The lowest BCUT2D eigenvalue weighted by Gasteiger charge is -2.38. The molecule has 2 aromatic rings. The molecule has 1 aromatic carbocycles. The molecule has 1 amide bonds. The van der Waals surface area contributed by atoms with Gasteiger partial charge in [-0.15, -0.1) is 5.10 Å². The van der Waals surface area contributed by atoms with E-state index < -0.39 is 5.54 Å². The first-order valence-corrected chi connectivity index (χ1v) is 8.83. The number of nitrogens with zero attached hydrogens (tertiary/aromatic N) is 4. The third-order valence-electron chi connectivity index (χ3n) is 5.04. The molecule has 0 spiro atoms. The Morgan fingerprint density at radius 3 is 2.76 bits per heavy atom. The molecular weight excluding hydrogens is 318 g/mol. The predicted octanol–water partition coefficient (Wildman–Crippen LogP) is 2.60. The van der Waals surface area contributed by atoms with Crippen molar-refractivity contribution in [1.29, 1.82) is 0 Å². The highest BCUT2D eigenvalue weighted by molar-refractivity contribution is 5.76. The number of hydrogen-bond donors (Lipinski definition) is 1. The summed E-state index contributed by atoms with van der Waals surface area (Å²) in [4.78, 5) is 12.2. The standard InChI is InChI=1S/C18H25N5O2/c1-4-16(24)19-18(11-9-13(2)10-12-18)17-20-21-22-23(17)14-7-5-6-8-15(14)25-3/h5-8,13H,4,9-12H2,1-3H3,(H,19,24). The van der Waals surface area contributed by atoms with Gasteiger partial charge in [0.15, 0.2) is 5.82 Å². The molecule has 1 N–H and O–H groups in total. The fourth-order valence-corrected chi connectivity index (χ4v) is 3.47. The Bertz CT molecular complexity index is 735. The zero-order chi connectivity index (χ0) is 17.9. The summed E-state index contributed by atoms with van der Waals surface area (Å²) in [7, 11) is 1.62. The normalized spacial score (nSPS) is 23.2. The van der Waals surface area contributed by atoms with Crippen LogP contribution in [0.2, 0.25) is 0 Å². The molecule has 1 heterocycles. The molecule has 0 unspecified atom stereocenters. The fourth-order valence-electron chi connectivity index (χ4n) is 3.47. The van der Waals surface area contributed by atoms with Crippen molar-refractivity contribution in [3.05, 3.63) is 30.1 Å². The number of para-hydroxylation sites is 2. The van der Waals surface area contributed by atoms with Crippen molar-refractivity contribution >= 4 is 5.91 Å². The Morgan fingerprint density at radius 1 is 1.36 bits per heavy atom. The van der Waals surface area contributed by atoms with Crippen molar-refractivity contribution in [2.24, 2.45) is 5.92 Å². The minimum atomic E-state index is -0.538. The van der Waals surface area contributed by atoms with Gasteiger partial charge in [-0.3, -0.25) is 4.79 Å². The van der Waals surface area contributed by atoms with Crippen LogP contribution >= 0.6 is 0 Å². The lowest BCUT2D eigenvalue weighted by Crippen LogP contribution is -2.49. The lowest BCUT2D eigenvalue weighted by atomic mass is 9.76. The maximum atomic E-state index is 12.2. The van der Waals surface area contributed by atoms with Gasteiger partial charge in [-0.05, 0) is 54.2 Å². The predicted molar refractivity (Wildman–Crippen MR) is 93.4 cm³/mol. The average Bonchev–Trinajstić information content (AvgIpc) is 3.14. The van der Waals surface area contributed by atoms with E-state index >= 15 is 0 Å². The highest BCUT2D eigenvalue weighted by Crippen LogP contribution is 2.39. The van der Waals surface area contributed by atoms with E-state index in [0.29, 0.717) is 23.9 Å². The molecule has 0 radical (unpaired) electrons. The quantitative estimate of drug-likeness (QED) is 0.902. The molecule has 1 fully saturated rings. The molecule has 1 aliphatic carbocycles. The lowest BCUT2D eigenvalue weighted by molar-refractivity contribution is -0.123. The number of aromatic nitrogens is 4. The maximum Gasteiger partial charge on any atom is 0.220 e. The van der Waals surface area contributed by atoms with Gasteiger partial charge in [-0.2, -0.15) is 4.68 Å². The number of benzene rings is 1. The van der Waals surface area contributed by atoms with Gasteiger partial charge in [-0.25, -0.2) is 0 Å². The van der Waals surface area contributed by atoms with Crippen molar-refractivity contribution in [3.63, 3.8) is 0 Å². The minimum absolute atomic E-state index is 0.0177. The summed E-state index contributed by atoms with van der Waals surface area (Å²) in [5, 5.41) is 15.6. The van der Waals surface area contributed by atoms with Crippen LogP contribution in [-0.2, 0) is 10.3 Å². The van der Waals surface area contributed by atoms with Crippen molar-refractivity contribution in [3.8, 4) is 11.4 Å². The topological polar surface area (TPSA) is 81.9 Å². The molecule has 0 bridgehead atoms. The van der Waals surface area contributed by atoms with Crippen molar-refractivity contribution in [2.45, 2.75) is 51.5 Å². The van der Waals surface area contributed by atoms with E-state index in [1.54, 1.807) is 11.8 Å². The third kappa shape index (κ3) is 3.36. The molecule has 0 saturated heterocycles. The van der Waals surface area contributed by atoms with Gasteiger partial charge >= 0.3 is 0 Å². The Labute approximate surface area is 147 Å². The monoisotopic (exact) mass is 343 g/mol. The number of tetrazole rings is 1. The van der Waals surface area contributed by atoms with E-state index in [2.05, 4.69) is 27.8 Å². The van der Waals surface area contributed by atoms with Crippen LogP contribution in [0.1, 0.15) is 51.8 Å². The molecule has 0 aliphatic heterocycles. The van der Waals surface area contributed by atoms with Gasteiger partial charge in [0.05, 0.1) is 7.11 Å². The second-order valence-electron chi connectivity index (χ2n) is 6.75. The maximum absolute atomic E-state index is 12.2. The minimum Gasteiger partial charge on any atom is -0.494 e. The molecule has 1 saturated carbocycles. The van der Waals surface area contributed by atoms with E-state index in [1.165, 1.54) is 0 Å². The SMILES string of the molecule is CCC(=O)NC1(c2nnnn2-c2ccccc2OC)CCC(C)CC1. The zero-order valence-electron chi connectivity index (χ0n) is 15.0. The van der Waals surface area contributed by atoms with Crippen LogP contribution in [0.25, 0.3) is 5.69 Å². The molecule has 7 nitrogen and oxygen atoms in total. The first-order chi connectivity index (χ1) is 12.1. The van der Waals surface area contributed by atoms with Crippen LogP contribution in [0.4, 0.5) is 0 Å². The van der Waals surface area contributed by atoms with Gasteiger partial charge in [-0.1, -0.05) is 26.0 Å². The summed E-state index contributed by atoms with van der Waals surface area (Å²) < 4.78 is 7.16. The molecule has 25 heavy (non-hydrogen) atoms. The van der Waals surface area contributed by atoms with E-state index in [1.807, 2.05) is 31.2 Å². The highest BCUT2D eigenvalue weighted by atomic mass is 16.5. The number of methoxy groups -OCH3 is 1. The van der Waals surface area contributed by atoms with Gasteiger partial charge in [0.1, 0.15) is 17.0 Å². The van der Waals surface area contributed by atoms with Gasteiger partial charge in [0, 0.05) is 6.42 Å². The zero-order valence-corrected chi connectivity index (χ0v) is 15.0. The van der Waals surface area contributed by atoms with Crippen LogP contribution in [0.3, 0.4) is 0 Å². The van der Waals surface area contributed by atoms with Gasteiger partial charge < -0.3 is 10.1 Å². The first kappa shape index (κ1) is 17.4. The number of hydrogen-bond acceptors (Lipinski definition) is 5. The number of amides is 1. The Hall–Kier alpha value is -2.44.